The third kappa shape index (κ3) is 5.01. The van der Waals surface area contributed by atoms with Gasteiger partial charge in [-0.15, -0.1) is 11.3 Å². The summed E-state index contributed by atoms with van der Waals surface area (Å²) in [5, 5.41) is 12.9. The lowest BCUT2D eigenvalue weighted by Gasteiger charge is -2.07. The van der Waals surface area contributed by atoms with E-state index in [1.165, 1.54) is 5.56 Å². The highest BCUT2D eigenvalue weighted by Gasteiger charge is 2.10. The molecule has 2 N–H and O–H groups in total. The van der Waals surface area contributed by atoms with E-state index in [0.717, 1.165) is 21.8 Å². The zero-order valence-corrected chi connectivity index (χ0v) is 17.1. The number of amides is 1. The van der Waals surface area contributed by atoms with Gasteiger partial charge < -0.3 is 4.74 Å². The van der Waals surface area contributed by atoms with Gasteiger partial charge in [-0.25, -0.2) is 5.43 Å². The van der Waals surface area contributed by atoms with E-state index >= 15 is 0 Å². The van der Waals surface area contributed by atoms with Gasteiger partial charge >= 0.3 is 0 Å². The van der Waals surface area contributed by atoms with Crippen molar-refractivity contribution in [3.05, 3.63) is 93.8 Å². The molecule has 0 spiro atoms. The smallest absolute Gasteiger partial charge is 0.289 e. The standard InChI is InChI=1S/C23H20N4O2S/c1-16-4-6-17(7-5-16)15-29-19-10-8-18(9-11-19)21-13-22(26-25-21)23(28)27-24-14-20-3-2-12-30-20/h2-14H,15H2,1H3,(H,25,26)(H,27,28)/b24-14-. The largest absolute Gasteiger partial charge is 0.489 e. The van der Waals surface area contributed by atoms with Gasteiger partial charge in [0, 0.05) is 10.4 Å². The molecule has 0 saturated heterocycles. The maximum Gasteiger partial charge on any atom is 0.289 e. The SMILES string of the molecule is Cc1ccc(COc2ccc(-c3cc(C(=O)N/N=C\c4cccs4)[nH]n3)cc2)cc1. The number of carbonyl (C=O) groups excluding carboxylic acids is 1. The Morgan fingerprint density at radius 1 is 1.17 bits per heavy atom. The maximum absolute atomic E-state index is 12.2. The van der Waals surface area contributed by atoms with Crippen LogP contribution < -0.4 is 10.2 Å². The van der Waals surface area contributed by atoms with Gasteiger partial charge in [0.05, 0.1) is 11.9 Å². The molecule has 0 fully saturated rings. The van der Waals surface area contributed by atoms with Gasteiger partial charge in [-0.1, -0.05) is 35.9 Å². The number of nitrogens with one attached hydrogen (secondary N) is 2. The summed E-state index contributed by atoms with van der Waals surface area (Å²) in [6.45, 7) is 2.57. The molecular formula is C23H20N4O2S. The second-order valence-electron chi connectivity index (χ2n) is 6.68. The van der Waals surface area contributed by atoms with Crippen LogP contribution in [0.15, 0.2) is 77.2 Å². The van der Waals surface area contributed by atoms with E-state index in [2.05, 4.69) is 51.9 Å². The fourth-order valence-electron chi connectivity index (χ4n) is 2.74. The van der Waals surface area contributed by atoms with Gasteiger partial charge in [0.15, 0.2) is 0 Å². The number of hydrazone groups is 1. The number of nitrogens with zero attached hydrogens (tertiary/aromatic N) is 2. The zero-order valence-electron chi connectivity index (χ0n) is 16.3. The molecule has 0 bridgehead atoms. The average Bonchev–Trinajstić information content (AvgIpc) is 3.46. The van der Waals surface area contributed by atoms with Crippen LogP contribution in [0.2, 0.25) is 0 Å². The van der Waals surface area contributed by atoms with E-state index in [1.807, 2.05) is 41.8 Å². The predicted molar refractivity (Wildman–Crippen MR) is 119 cm³/mol. The van der Waals surface area contributed by atoms with Crippen molar-refractivity contribution in [2.75, 3.05) is 0 Å². The number of thiophene rings is 1. The molecular weight excluding hydrogens is 396 g/mol. The van der Waals surface area contributed by atoms with Crippen LogP contribution in [0.3, 0.4) is 0 Å². The van der Waals surface area contributed by atoms with Gasteiger partial charge in [-0.05, 0) is 54.3 Å². The Morgan fingerprint density at radius 3 is 2.70 bits per heavy atom. The summed E-state index contributed by atoms with van der Waals surface area (Å²) in [6.07, 6.45) is 1.61. The van der Waals surface area contributed by atoms with Crippen molar-refractivity contribution in [1.82, 2.24) is 15.6 Å². The van der Waals surface area contributed by atoms with Crippen LogP contribution in [0.25, 0.3) is 11.3 Å². The molecule has 2 aromatic heterocycles. The average molecular weight is 417 g/mol. The molecule has 4 rings (SSSR count). The van der Waals surface area contributed by atoms with Gasteiger partial charge in [-0.2, -0.15) is 10.2 Å². The summed E-state index contributed by atoms with van der Waals surface area (Å²) in [5.74, 6) is 0.426. The molecule has 1 amide bonds. The van der Waals surface area contributed by atoms with Crippen molar-refractivity contribution >= 4 is 23.5 Å². The molecule has 7 heteroatoms. The molecule has 0 aliphatic rings. The summed E-state index contributed by atoms with van der Waals surface area (Å²) in [6, 6.07) is 21.4. The lowest BCUT2D eigenvalue weighted by atomic mass is 10.1. The van der Waals surface area contributed by atoms with Crippen molar-refractivity contribution < 1.29 is 9.53 Å². The van der Waals surface area contributed by atoms with Gasteiger partial charge in [0.1, 0.15) is 18.1 Å². The Morgan fingerprint density at radius 2 is 1.97 bits per heavy atom. The summed E-state index contributed by atoms with van der Waals surface area (Å²) >= 11 is 1.54. The van der Waals surface area contributed by atoms with E-state index < -0.39 is 0 Å². The highest BCUT2D eigenvalue weighted by atomic mass is 32.1. The molecule has 150 valence electrons. The van der Waals surface area contributed by atoms with Crippen molar-refractivity contribution in [2.45, 2.75) is 13.5 Å². The first-order valence-electron chi connectivity index (χ1n) is 9.38. The van der Waals surface area contributed by atoms with Crippen molar-refractivity contribution in [2.24, 2.45) is 5.10 Å². The first kappa shape index (κ1) is 19.6. The number of aromatic amines is 1. The van der Waals surface area contributed by atoms with Crippen LogP contribution in [-0.4, -0.2) is 22.3 Å². The van der Waals surface area contributed by atoms with Crippen LogP contribution in [0.4, 0.5) is 0 Å². The summed E-state index contributed by atoms with van der Waals surface area (Å²) in [7, 11) is 0. The maximum atomic E-state index is 12.2. The number of carbonyl (C=O) groups is 1. The molecule has 6 nitrogen and oxygen atoms in total. The van der Waals surface area contributed by atoms with Crippen LogP contribution in [0.1, 0.15) is 26.5 Å². The molecule has 2 aromatic carbocycles. The Bertz CT molecular complexity index is 1130. The number of ether oxygens (including phenoxy) is 1. The lowest BCUT2D eigenvalue weighted by molar-refractivity contribution is 0.0950. The Labute approximate surface area is 178 Å². The lowest BCUT2D eigenvalue weighted by Crippen LogP contribution is -2.17. The number of benzene rings is 2. The second kappa shape index (κ2) is 9.19. The van der Waals surface area contributed by atoms with E-state index in [0.29, 0.717) is 18.0 Å². The molecule has 2 heterocycles. The van der Waals surface area contributed by atoms with E-state index in [4.69, 9.17) is 4.74 Å². The van der Waals surface area contributed by atoms with Gasteiger partial charge in [-0.3, -0.25) is 9.89 Å². The first-order valence-corrected chi connectivity index (χ1v) is 10.3. The number of rotatable bonds is 7. The zero-order chi connectivity index (χ0) is 20.8. The third-order valence-electron chi connectivity index (χ3n) is 4.40. The number of aromatic nitrogens is 2. The number of hydrogen-bond donors (Lipinski definition) is 2. The fourth-order valence-corrected chi connectivity index (χ4v) is 3.32. The Kier molecular flexibility index (Phi) is 6.01. The first-order chi connectivity index (χ1) is 14.7. The van der Waals surface area contributed by atoms with Crippen molar-refractivity contribution in [3.63, 3.8) is 0 Å². The number of H-pyrrole nitrogens is 1. The topological polar surface area (TPSA) is 79.4 Å². The Balaban J connectivity index is 1.34. The molecule has 0 atom stereocenters. The normalized spacial score (nSPS) is 11.0. The second-order valence-corrected chi connectivity index (χ2v) is 7.66. The summed E-state index contributed by atoms with van der Waals surface area (Å²) in [5.41, 5.74) is 6.74. The molecule has 0 unspecified atom stereocenters. The highest BCUT2D eigenvalue weighted by molar-refractivity contribution is 7.11. The Hall–Kier alpha value is -3.71. The van der Waals surface area contributed by atoms with Crippen LogP contribution in [-0.2, 0) is 6.61 Å². The van der Waals surface area contributed by atoms with Crippen LogP contribution in [0.5, 0.6) is 5.75 Å². The van der Waals surface area contributed by atoms with Crippen molar-refractivity contribution in [3.8, 4) is 17.0 Å². The van der Waals surface area contributed by atoms with E-state index in [-0.39, 0.29) is 5.91 Å². The third-order valence-corrected chi connectivity index (χ3v) is 5.21. The number of hydrogen-bond acceptors (Lipinski definition) is 5. The van der Waals surface area contributed by atoms with Gasteiger partial charge in [0.2, 0.25) is 0 Å². The summed E-state index contributed by atoms with van der Waals surface area (Å²) < 4.78 is 5.83. The van der Waals surface area contributed by atoms with Crippen LogP contribution in [0, 0.1) is 6.92 Å². The highest BCUT2D eigenvalue weighted by Crippen LogP contribution is 2.22. The van der Waals surface area contributed by atoms with Gasteiger partial charge in [0.25, 0.3) is 5.91 Å². The molecule has 0 radical (unpaired) electrons. The number of aryl methyl sites for hydroxylation is 1. The van der Waals surface area contributed by atoms with E-state index in [9.17, 15) is 4.79 Å². The van der Waals surface area contributed by atoms with Crippen molar-refractivity contribution in [1.29, 1.82) is 0 Å². The quantitative estimate of drug-likeness (QED) is 0.336. The van der Waals surface area contributed by atoms with Crippen LogP contribution >= 0.6 is 11.3 Å². The molecule has 4 aromatic rings. The summed E-state index contributed by atoms with van der Waals surface area (Å²) in [4.78, 5) is 13.2. The monoisotopic (exact) mass is 416 g/mol. The fraction of sp³-hybridized carbons (Fsp3) is 0.0870. The molecule has 30 heavy (non-hydrogen) atoms. The molecule has 0 aliphatic carbocycles. The minimum absolute atomic E-state index is 0.341. The minimum Gasteiger partial charge on any atom is -0.489 e. The van der Waals surface area contributed by atoms with E-state index in [1.54, 1.807) is 23.6 Å². The molecule has 0 aliphatic heterocycles. The molecule has 0 saturated carbocycles. The predicted octanol–water partition coefficient (Wildman–Crippen LogP) is 4.79. The minimum atomic E-state index is -0.348.